The molecule has 1 N–H and O–H groups in total. The van der Waals surface area contributed by atoms with Crippen LogP contribution in [-0.4, -0.2) is 36.6 Å². The Balaban J connectivity index is 2.23. The number of aromatic nitrogens is 1. The van der Waals surface area contributed by atoms with Crippen LogP contribution in [-0.2, 0) is 16.1 Å². The predicted molar refractivity (Wildman–Crippen MR) is 49.6 cm³/mol. The van der Waals surface area contributed by atoms with Gasteiger partial charge in [0.25, 0.3) is 0 Å². The van der Waals surface area contributed by atoms with Gasteiger partial charge in [0.1, 0.15) is 6.61 Å². The third-order valence-corrected chi connectivity index (χ3v) is 1.66. The normalized spacial score (nSPS) is 10.5. The Morgan fingerprint density at radius 2 is 2.40 bits per heavy atom. The second kappa shape index (κ2) is 6.15. The van der Waals surface area contributed by atoms with E-state index in [2.05, 4.69) is 5.16 Å². The van der Waals surface area contributed by atoms with Crippen LogP contribution in [0.1, 0.15) is 22.7 Å². The molecule has 0 amide bonds. The first-order chi connectivity index (χ1) is 7.24. The van der Waals surface area contributed by atoms with E-state index in [1.165, 1.54) is 6.07 Å². The second-order valence-corrected chi connectivity index (χ2v) is 2.88. The minimum absolute atomic E-state index is 0.106. The van der Waals surface area contributed by atoms with E-state index >= 15 is 0 Å². The van der Waals surface area contributed by atoms with E-state index in [4.69, 9.17) is 19.1 Å². The lowest BCUT2D eigenvalue weighted by molar-refractivity contribution is 0.0682. The minimum Gasteiger partial charge on any atom is -0.476 e. The predicted octanol–water partition coefficient (Wildman–Crippen LogP) is 0.926. The van der Waals surface area contributed by atoms with Crippen LogP contribution in [0.25, 0.3) is 0 Å². The number of carbonyl (C=O) groups is 1. The fourth-order valence-corrected chi connectivity index (χ4v) is 0.960. The van der Waals surface area contributed by atoms with Crippen molar-refractivity contribution in [2.45, 2.75) is 13.0 Å². The van der Waals surface area contributed by atoms with Gasteiger partial charge in [0.05, 0.1) is 0 Å². The van der Waals surface area contributed by atoms with Crippen molar-refractivity contribution in [3.63, 3.8) is 0 Å². The number of carboxylic acids is 1. The van der Waals surface area contributed by atoms with Crippen LogP contribution in [0.15, 0.2) is 10.6 Å². The summed E-state index contributed by atoms with van der Waals surface area (Å²) < 4.78 is 14.8. The molecule has 0 unspecified atom stereocenters. The number of nitrogens with zero attached hydrogens (tertiary/aromatic N) is 1. The topological polar surface area (TPSA) is 81.8 Å². The molecule has 6 nitrogen and oxygen atoms in total. The van der Waals surface area contributed by atoms with Crippen molar-refractivity contribution in [1.82, 2.24) is 5.16 Å². The zero-order chi connectivity index (χ0) is 11.1. The first-order valence-corrected chi connectivity index (χ1v) is 4.49. The molecule has 15 heavy (non-hydrogen) atoms. The summed E-state index contributed by atoms with van der Waals surface area (Å²) in [5, 5.41) is 11.9. The third-order valence-electron chi connectivity index (χ3n) is 1.66. The van der Waals surface area contributed by atoms with Gasteiger partial charge in [0, 0.05) is 26.4 Å². The van der Waals surface area contributed by atoms with E-state index in [1.54, 1.807) is 7.11 Å². The van der Waals surface area contributed by atoms with Gasteiger partial charge < -0.3 is 19.1 Å². The molecule has 0 atom stereocenters. The highest BCUT2D eigenvalue weighted by Crippen LogP contribution is 2.05. The summed E-state index contributed by atoms with van der Waals surface area (Å²) in [5.74, 6) is -0.700. The number of rotatable bonds is 7. The molecule has 0 aromatic carbocycles. The number of carboxylic acid groups (broad SMARTS) is 1. The van der Waals surface area contributed by atoms with E-state index < -0.39 is 5.97 Å². The SMILES string of the molecule is COCCCOCc1cc(C(=O)O)no1. The molecule has 1 aromatic rings. The molecule has 0 bridgehead atoms. The van der Waals surface area contributed by atoms with Gasteiger partial charge in [-0.2, -0.15) is 0 Å². The van der Waals surface area contributed by atoms with Crippen molar-refractivity contribution in [1.29, 1.82) is 0 Å². The largest absolute Gasteiger partial charge is 0.476 e. The van der Waals surface area contributed by atoms with E-state index in [9.17, 15) is 4.79 Å². The summed E-state index contributed by atoms with van der Waals surface area (Å²) in [6.45, 7) is 1.40. The number of hydrogen-bond donors (Lipinski definition) is 1. The molecule has 0 aliphatic carbocycles. The molecule has 0 saturated heterocycles. The summed E-state index contributed by atoms with van der Waals surface area (Å²) in [6.07, 6.45) is 0.788. The Morgan fingerprint density at radius 1 is 1.60 bits per heavy atom. The van der Waals surface area contributed by atoms with Crippen LogP contribution >= 0.6 is 0 Å². The Hall–Kier alpha value is -1.40. The van der Waals surface area contributed by atoms with Gasteiger partial charge in [-0.25, -0.2) is 4.79 Å². The lowest BCUT2D eigenvalue weighted by Gasteiger charge is -1.99. The minimum atomic E-state index is -1.11. The highest BCUT2D eigenvalue weighted by atomic mass is 16.5. The lowest BCUT2D eigenvalue weighted by Crippen LogP contribution is -1.98. The van der Waals surface area contributed by atoms with Crippen LogP contribution in [0, 0.1) is 0 Å². The molecule has 0 aliphatic rings. The molecule has 84 valence electrons. The fourth-order valence-electron chi connectivity index (χ4n) is 0.960. The van der Waals surface area contributed by atoms with Crippen LogP contribution in [0.2, 0.25) is 0 Å². The molecular weight excluding hydrogens is 202 g/mol. The van der Waals surface area contributed by atoms with Crippen molar-refractivity contribution < 1.29 is 23.9 Å². The zero-order valence-corrected chi connectivity index (χ0v) is 8.43. The van der Waals surface area contributed by atoms with Gasteiger partial charge in [0.2, 0.25) is 0 Å². The standard InChI is InChI=1S/C9H13NO5/c1-13-3-2-4-14-6-7-5-8(9(11)12)10-15-7/h5H,2-4,6H2,1H3,(H,11,12). The number of methoxy groups -OCH3 is 1. The van der Waals surface area contributed by atoms with Crippen molar-refractivity contribution in [2.24, 2.45) is 0 Å². The van der Waals surface area contributed by atoms with Gasteiger partial charge in [0.15, 0.2) is 11.5 Å². The molecular formula is C9H13NO5. The van der Waals surface area contributed by atoms with Crippen LogP contribution < -0.4 is 0 Å². The summed E-state index contributed by atoms with van der Waals surface area (Å²) in [5.41, 5.74) is -0.106. The molecule has 1 rings (SSSR count). The summed E-state index contributed by atoms with van der Waals surface area (Å²) in [7, 11) is 1.62. The number of hydrogen-bond acceptors (Lipinski definition) is 5. The van der Waals surface area contributed by atoms with Crippen LogP contribution in [0.3, 0.4) is 0 Å². The van der Waals surface area contributed by atoms with E-state index in [-0.39, 0.29) is 12.3 Å². The van der Waals surface area contributed by atoms with Crippen LogP contribution in [0.5, 0.6) is 0 Å². The molecule has 0 aliphatic heterocycles. The van der Waals surface area contributed by atoms with Gasteiger partial charge in [-0.3, -0.25) is 0 Å². The second-order valence-electron chi connectivity index (χ2n) is 2.88. The highest BCUT2D eigenvalue weighted by molar-refractivity contribution is 5.85. The van der Waals surface area contributed by atoms with E-state index in [1.807, 2.05) is 0 Å². The quantitative estimate of drug-likeness (QED) is 0.681. The molecule has 0 radical (unpaired) electrons. The molecule has 0 saturated carbocycles. The van der Waals surface area contributed by atoms with E-state index in [0.717, 1.165) is 6.42 Å². The van der Waals surface area contributed by atoms with Crippen molar-refractivity contribution >= 4 is 5.97 Å². The molecule has 1 heterocycles. The lowest BCUT2D eigenvalue weighted by atomic mass is 10.4. The first kappa shape index (κ1) is 11.7. The van der Waals surface area contributed by atoms with Crippen molar-refractivity contribution in [3.8, 4) is 0 Å². The maximum absolute atomic E-state index is 10.4. The maximum atomic E-state index is 10.4. The summed E-state index contributed by atoms with van der Waals surface area (Å²) in [4.78, 5) is 10.4. The summed E-state index contributed by atoms with van der Waals surface area (Å²) >= 11 is 0. The van der Waals surface area contributed by atoms with Gasteiger partial charge in [-0.1, -0.05) is 5.16 Å². The average Bonchev–Trinajstić information content (AvgIpc) is 2.66. The number of ether oxygens (including phenoxy) is 2. The van der Waals surface area contributed by atoms with Crippen LogP contribution in [0.4, 0.5) is 0 Å². The van der Waals surface area contributed by atoms with E-state index in [0.29, 0.717) is 19.0 Å². The van der Waals surface area contributed by atoms with Gasteiger partial charge >= 0.3 is 5.97 Å². The fraction of sp³-hybridized carbons (Fsp3) is 0.556. The molecule has 1 aromatic heterocycles. The first-order valence-electron chi connectivity index (χ1n) is 4.49. The van der Waals surface area contributed by atoms with Gasteiger partial charge in [-0.05, 0) is 6.42 Å². The molecule has 0 fully saturated rings. The Kier molecular flexibility index (Phi) is 4.79. The monoisotopic (exact) mass is 215 g/mol. The Labute approximate surface area is 86.8 Å². The zero-order valence-electron chi connectivity index (χ0n) is 8.43. The number of aromatic carboxylic acids is 1. The summed E-state index contributed by atoms with van der Waals surface area (Å²) in [6, 6.07) is 1.35. The molecule has 6 heteroatoms. The smallest absolute Gasteiger partial charge is 0.358 e. The Bertz CT molecular complexity index is 309. The van der Waals surface area contributed by atoms with Crippen molar-refractivity contribution in [2.75, 3.05) is 20.3 Å². The van der Waals surface area contributed by atoms with Crippen molar-refractivity contribution in [3.05, 3.63) is 17.5 Å². The van der Waals surface area contributed by atoms with Gasteiger partial charge in [-0.15, -0.1) is 0 Å². The highest BCUT2D eigenvalue weighted by Gasteiger charge is 2.10. The average molecular weight is 215 g/mol. The Morgan fingerprint density at radius 3 is 3.00 bits per heavy atom. The molecule has 0 spiro atoms. The third kappa shape index (κ3) is 4.09. The maximum Gasteiger partial charge on any atom is 0.358 e.